The molecule has 0 radical (unpaired) electrons. The number of carbonyl (C=O) groups excluding carboxylic acids is 2. The number of benzene rings is 2. The average Bonchev–Trinajstić information content (AvgIpc) is 2.48. The number of carbonyl (C=O) groups is 2. The Kier molecular flexibility index (Phi) is 5.31. The van der Waals surface area contributed by atoms with Gasteiger partial charge in [-0.05, 0) is 35.2 Å². The zero-order valence-electron chi connectivity index (χ0n) is 12.8. The molecule has 0 fully saturated rings. The summed E-state index contributed by atoms with van der Waals surface area (Å²) in [5.41, 5.74) is 4.28. The highest BCUT2D eigenvalue weighted by Gasteiger charge is 2.00. The van der Waals surface area contributed by atoms with Gasteiger partial charge in [0.1, 0.15) is 0 Å². The number of nitrogens with one attached hydrogen (secondary N) is 2. The first-order valence-corrected chi connectivity index (χ1v) is 7.22. The van der Waals surface area contributed by atoms with Crippen LogP contribution in [0.25, 0.3) is 0 Å². The van der Waals surface area contributed by atoms with Crippen molar-refractivity contribution in [1.82, 2.24) is 5.32 Å². The van der Waals surface area contributed by atoms with E-state index in [1.165, 1.54) is 25.0 Å². The number of rotatable bonds is 5. The van der Waals surface area contributed by atoms with Crippen LogP contribution in [0.2, 0.25) is 0 Å². The predicted octanol–water partition coefficient (Wildman–Crippen LogP) is 2.87. The lowest BCUT2D eigenvalue weighted by Gasteiger charge is -2.07. The van der Waals surface area contributed by atoms with Gasteiger partial charge < -0.3 is 10.6 Å². The van der Waals surface area contributed by atoms with E-state index in [1.54, 1.807) is 0 Å². The first-order valence-electron chi connectivity index (χ1n) is 7.22. The second-order valence-electron chi connectivity index (χ2n) is 5.28. The van der Waals surface area contributed by atoms with Crippen molar-refractivity contribution in [2.75, 3.05) is 5.32 Å². The van der Waals surface area contributed by atoms with Gasteiger partial charge in [0, 0.05) is 26.1 Å². The van der Waals surface area contributed by atoms with Crippen LogP contribution in [0, 0.1) is 0 Å². The summed E-state index contributed by atoms with van der Waals surface area (Å²) < 4.78 is 0. The first-order chi connectivity index (χ1) is 10.5. The van der Waals surface area contributed by atoms with Crippen LogP contribution in [-0.2, 0) is 22.6 Å². The smallest absolute Gasteiger partial charge is 0.221 e. The summed E-state index contributed by atoms with van der Waals surface area (Å²) >= 11 is 0. The number of hydrogen-bond acceptors (Lipinski definition) is 2. The fourth-order valence-corrected chi connectivity index (χ4v) is 2.15. The van der Waals surface area contributed by atoms with Crippen LogP contribution < -0.4 is 10.6 Å². The van der Waals surface area contributed by atoms with E-state index >= 15 is 0 Å². The van der Waals surface area contributed by atoms with Crippen LogP contribution in [0.15, 0.2) is 48.5 Å². The molecular weight excluding hydrogens is 276 g/mol. The average molecular weight is 296 g/mol. The monoisotopic (exact) mass is 296 g/mol. The molecule has 0 unspecified atom stereocenters. The van der Waals surface area contributed by atoms with Crippen molar-refractivity contribution in [2.45, 2.75) is 26.8 Å². The molecule has 22 heavy (non-hydrogen) atoms. The fourth-order valence-electron chi connectivity index (χ4n) is 2.15. The zero-order valence-corrected chi connectivity index (χ0v) is 12.8. The third-order valence-corrected chi connectivity index (χ3v) is 3.25. The van der Waals surface area contributed by atoms with Gasteiger partial charge in [-0.1, -0.05) is 36.4 Å². The van der Waals surface area contributed by atoms with Crippen LogP contribution >= 0.6 is 0 Å². The lowest BCUT2D eigenvalue weighted by Crippen LogP contribution is -2.18. The SMILES string of the molecule is CC(=O)NCc1ccc(Cc2ccc(NC(C)=O)cc2)cc1. The molecule has 114 valence electrons. The van der Waals surface area contributed by atoms with Crippen molar-refractivity contribution in [3.8, 4) is 0 Å². The number of amides is 2. The van der Waals surface area contributed by atoms with Crippen LogP contribution in [-0.4, -0.2) is 11.8 Å². The molecule has 0 saturated carbocycles. The summed E-state index contributed by atoms with van der Waals surface area (Å²) in [5.74, 6) is -0.0918. The van der Waals surface area contributed by atoms with Crippen molar-refractivity contribution >= 4 is 17.5 Å². The molecule has 0 aromatic heterocycles. The van der Waals surface area contributed by atoms with Crippen molar-refractivity contribution in [3.63, 3.8) is 0 Å². The lowest BCUT2D eigenvalue weighted by molar-refractivity contribution is -0.119. The maximum atomic E-state index is 11.0. The summed E-state index contributed by atoms with van der Waals surface area (Å²) in [6.45, 7) is 3.57. The quantitative estimate of drug-likeness (QED) is 0.891. The highest BCUT2D eigenvalue weighted by Crippen LogP contribution is 2.14. The zero-order chi connectivity index (χ0) is 15.9. The van der Waals surface area contributed by atoms with Crippen molar-refractivity contribution in [1.29, 1.82) is 0 Å². The summed E-state index contributed by atoms with van der Waals surface area (Å²) in [6.07, 6.45) is 0.834. The first kappa shape index (κ1) is 15.8. The topological polar surface area (TPSA) is 58.2 Å². The van der Waals surface area contributed by atoms with Gasteiger partial charge in [-0.25, -0.2) is 0 Å². The van der Waals surface area contributed by atoms with Crippen molar-refractivity contribution < 1.29 is 9.59 Å². The Bertz CT molecular complexity index is 646. The van der Waals surface area contributed by atoms with E-state index in [1.807, 2.05) is 36.4 Å². The highest BCUT2D eigenvalue weighted by atomic mass is 16.2. The van der Waals surface area contributed by atoms with Gasteiger partial charge in [-0.3, -0.25) is 9.59 Å². The van der Waals surface area contributed by atoms with E-state index in [2.05, 4.69) is 22.8 Å². The van der Waals surface area contributed by atoms with Gasteiger partial charge in [-0.2, -0.15) is 0 Å². The molecule has 2 aromatic rings. The molecule has 4 nitrogen and oxygen atoms in total. The van der Waals surface area contributed by atoms with Gasteiger partial charge >= 0.3 is 0 Å². The molecule has 0 bridgehead atoms. The van der Waals surface area contributed by atoms with Gasteiger partial charge in [0.25, 0.3) is 0 Å². The van der Waals surface area contributed by atoms with Gasteiger partial charge in [0.15, 0.2) is 0 Å². The van der Waals surface area contributed by atoms with E-state index in [0.29, 0.717) is 6.54 Å². The lowest BCUT2D eigenvalue weighted by atomic mass is 10.0. The Labute approximate surface area is 130 Å². The minimum atomic E-state index is -0.0671. The molecule has 0 aliphatic carbocycles. The minimum Gasteiger partial charge on any atom is -0.352 e. The molecule has 0 heterocycles. The minimum absolute atomic E-state index is 0.0247. The molecule has 2 N–H and O–H groups in total. The van der Waals surface area contributed by atoms with Crippen LogP contribution in [0.5, 0.6) is 0 Å². The molecule has 2 aromatic carbocycles. The standard InChI is InChI=1S/C18H20N2O2/c1-13(21)19-12-17-5-3-15(4-6-17)11-16-7-9-18(10-8-16)20-14(2)22/h3-10H,11-12H2,1-2H3,(H,19,21)(H,20,22). The Morgan fingerprint density at radius 1 is 0.773 bits per heavy atom. The molecular formula is C18H20N2O2. The number of anilines is 1. The summed E-state index contributed by atoms with van der Waals surface area (Å²) in [6, 6.07) is 16.0. The van der Waals surface area contributed by atoms with Crippen LogP contribution in [0.4, 0.5) is 5.69 Å². The Morgan fingerprint density at radius 3 is 1.77 bits per heavy atom. The Balaban J connectivity index is 1.95. The molecule has 4 heteroatoms. The second kappa shape index (κ2) is 7.41. The normalized spacial score (nSPS) is 10.1. The molecule has 0 aliphatic rings. The highest BCUT2D eigenvalue weighted by molar-refractivity contribution is 5.88. The Hall–Kier alpha value is -2.62. The van der Waals surface area contributed by atoms with Crippen molar-refractivity contribution in [3.05, 3.63) is 65.2 Å². The van der Waals surface area contributed by atoms with Crippen molar-refractivity contribution in [2.24, 2.45) is 0 Å². The predicted molar refractivity (Wildman–Crippen MR) is 87.5 cm³/mol. The van der Waals surface area contributed by atoms with Gasteiger partial charge in [0.2, 0.25) is 11.8 Å². The third kappa shape index (κ3) is 5.05. The maximum absolute atomic E-state index is 11.0. The second-order valence-corrected chi connectivity index (χ2v) is 5.28. The molecule has 0 aliphatic heterocycles. The van der Waals surface area contributed by atoms with E-state index in [4.69, 9.17) is 0 Å². The summed E-state index contributed by atoms with van der Waals surface area (Å²) in [5, 5.41) is 5.53. The van der Waals surface area contributed by atoms with E-state index < -0.39 is 0 Å². The van der Waals surface area contributed by atoms with E-state index in [9.17, 15) is 9.59 Å². The van der Waals surface area contributed by atoms with Crippen LogP contribution in [0.1, 0.15) is 30.5 Å². The van der Waals surface area contributed by atoms with Crippen LogP contribution in [0.3, 0.4) is 0 Å². The molecule has 0 spiro atoms. The summed E-state index contributed by atoms with van der Waals surface area (Å²) in [4.78, 5) is 21.9. The van der Waals surface area contributed by atoms with E-state index in [0.717, 1.165) is 17.7 Å². The molecule has 0 atom stereocenters. The number of hydrogen-bond donors (Lipinski definition) is 2. The maximum Gasteiger partial charge on any atom is 0.221 e. The Morgan fingerprint density at radius 2 is 1.27 bits per heavy atom. The van der Waals surface area contributed by atoms with Gasteiger partial charge in [-0.15, -0.1) is 0 Å². The molecule has 0 saturated heterocycles. The van der Waals surface area contributed by atoms with Gasteiger partial charge in [0.05, 0.1) is 0 Å². The third-order valence-electron chi connectivity index (χ3n) is 3.25. The molecule has 2 amide bonds. The summed E-state index contributed by atoms with van der Waals surface area (Å²) in [7, 11) is 0. The molecule has 2 rings (SSSR count). The largest absolute Gasteiger partial charge is 0.352 e. The van der Waals surface area contributed by atoms with E-state index in [-0.39, 0.29) is 11.8 Å². The fraction of sp³-hybridized carbons (Fsp3) is 0.222.